The number of nitrogens with zero attached hydrogens (tertiary/aromatic N) is 2. The second kappa shape index (κ2) is 11.1. The Hall–Kier alpha value is -3.41. The van der Waals surface area contributed by atoms with E-state index in [1.54, 1.807) is 27.3 Å². The molecule has 34 heavy (non-hydrogen) atoms. The zero-order valence-electron chi connectivity index (χ0n) is 19.9. The van der Waals surface area contributed by atoms with E-state index >= 15 is 0 Å². The number of nitrogens with one attached hydrogen (secondary N) is 4. The average Bonchev–Trinajstić information content (AvgIpc) is 2.80. The second-order valence-electron chi connectivity index (χ2n) is 7.52. The van der Waals surface area contributed by atoms with E-state index in [0.717, 1.165) is 28.1 Å². The van der Waals surface area contributed by atoms with Gasteiger partial charge in [-0.25, -0.2) is 9.71 Å². The molecule has 0 bridgehead atoms. The first-order chi connectivity index (χ1) is 16.2. The Kier molecular flexibility index (Phi) is 8.26. The molecule has 3 aromatic rings. The van der Waals surface area contributed by atoms with Crippen molar-refractivity contribution in [3.8, 4) is 11.5 Å². The summed E-state index contributed by atoms with van der Waals surface area (Å²) in [6.45, 7) is 6.10. The summed E-state index contributed by atoms with van der Waals surface area (Å²) in [4.78, 5) is 8.97. The lowest BCUT2D eigenvalue weighted by atomic mass is 10.2. The Morgan fingerprint density at radius 2 is 1.65 bits per heavy atom. The van der Waals surface area contributed by atoms with Crippen LogP contribution < -0.4 is 29.6 Å². The van der Waals surface area contributed by atoms with E-state index in [4.69, 9.17) is 9.47 Å². The highest BCUT2D eigenvalue weighted by Gasteiger charge is 2.12. The van der Waals surface area contributed by atoms with E-state index in [-0.39, 0.29) is 6.54 Å². The molecule has 3 rings (SSSR count). The molecule has 0 saturated carbocycles. The van der Waals surface area contributed by atoms with Gasteiger partial charge in [0.05, 0.1) is 14.2 Å². The number of hydrogen-bond acceptors (Lipinski definition) is 8. The van der Waals surface area contributed by atoms with Gasteiger partial charge in [0.25, 0.3) is 10.2 Å². The van der Waals surface area contributed by atoms with Crippen molar-refractivity contribution in [1.29, 1.82) is 0 Å². The topological polar surface area (TPSA) is 127 Å². The first-order valence-corrected chi connectivity index (χ1v) is 12.2. The number of rotatable bonds is 11. The molecule has 1 aromatic heterocycles. The first-order valence-electron chi connectivity index (χ1n) is 10.7. The molecule has 1 heterocycles. The highest BCUT2D eigenvalue weighted by atomic mass is 32.2. The van der Waals surface area contributed by atoms with Crippen molar-refractivity contribution >= 4 is 33.4 Å². The number of aryl methyl sites for hydroxylation is 2. The minimum Gasteiger partial charge on any atom is -0.493 e. The zero-order chi connectivity index (χ0) is 24.7. The summed E-state index contributed by atoms with van der Waals surface area (Å²) in [5.41, 5.74) is 4.21. The van der Waals surface area contributed by atoms with Crippen molar-refractivity contribution in [3.05, 3.63) is 59.3 Å². The maximum Gasteiger partial charge on any atom is 0.277 e. The van der Waals surface area contributed by atoms with Crippen LogP contribution in [-0.4, -0.2) is 39.2 Å². The van der Waals surface area contributed by atoms with E-state index in [1.165, 1.54) is 0 Å². The van der Waals surface area contributed by atoms with E-state index in [2.05, 4.69) is 30.0 Å². The molecule has 0 aliphatic carbocycles. The molecule has 0 radical (unpaired) electrons. The monoisotopic (exact) mass is 486 g/mol. The van der Waals surface area contributed by atoms with Gasteiger partial charge >= 0.3 is 0 Å². The Labute approximate surface area is 200 Å². The number of methoxy groups -OCH3 is 2. The number of hydrogen-bond donors (Lipinski definition) is 4. The normalized spacial score (nSPS) is 11.2. The molecule has 0 aliphatic rings. The smallest absolute Gasteiger partial charge is 0.277 e. The molecule has 0 saturated heterocycles. The van der Waals surface area contributed by atoms with Crippen LogP contribution in [-0.2, 0) is 16.8 Å². The van der Waals surface area contributed by atoms with Crippen molar-refractivity contribution in [1.82, 2.24) is 19.4 Å². The number of anilines is 4. The summed E-state index contributed by atoms with van der Waals surface area (Å²) in [7, 11) is -0.295. The van der Waals surface area contributed by atoms with Crippen molar-refractivity contribution < 1.29 is 17.9 Å². The Morgan fingerprint density at radius 3 is 2.29 bits per heavy atom. The SMILES string of the molecule is CCNS(=O)(=O)NCc1ccc(Nc2nc(Nc3cc(C)c(OC)c(OC)c3)ncc2C)cc1. The van der Waals surface area contributed by atoms with E-state index in [1.807, 2.05) is 50.2 Å². The van der Waals surface area contributed by atoms with Crippen molar-refractivity contribution in [2.24, 2.45) is 0 Å². The van der Waals surface area contributed by atoms with Crippen molar-refractivity contribution in [3.63, 3.8) is 0 Å². The minimum atomic E-state index is -3.49. The summed E-state index contributed by atoms with van der Waals surface area (Å²) < 4.78 is 39.2. The highest BCUT2D eigenvalue weighted by molar-refractivity contribution is 7.87. The molecule has 0 atom stereocenters. The molecular formula is C23H30N6O4S. The lowest BCUT2D eigenvalue weighted by Gasteiger charge is -2.14. The van der Waals surface area contributed by atoms with Gasteiger partial charge in [0.2, 0.25) is 5.95 Å². The first kappa shape index (κ1) is 25.2. The van der Waals surface area contributed by atoms with Crippen LogP contribution in [0.3, 0.4) is 0 Å². The Bertz CT molecular complexity index is 1230. The summed E-state index contributed by atoms with van der Waals surface area (Å²) in [5.74, 6) is 2.37. The van der Waals surface area contributed by atoms with Crippen molar-refractivity contribution in [2.45, 2.75) is 27.3 Å². The van der Waals surface area contributed by atoms with Gasteiger partial charge in [0.15, 0.2) is 11.5 Å². The van der Waals surface area contributed by atoms with Crippen LogP contribution in [0.2, 0.25) is 0 Å². The average molecular weight is 487 g/mol. The lowest BCUT2D eigenvalue weighted by Crippen LogP contribution is -2.35. The maximum absolute atomic E-state index is 11.7. The molecule has 182 valence electrons. The standard InChI is InChI=1S/C23H30N6O4S/c1-6-25-34(30,31)26-14-17-7-9-18(10-8-17)27-22-16(3)13-24-23(29-22)28-19-11-15(2)21(33-5)20(12-19)32-4/h7-13,25-26H,6,14H2,1-5H3,(H2,24,27,28,29). The summed E-state index contributed by atoms with van der Waals surface area (Å²) in [6, 6.07) is 11.2. The fraction of sp³-hybridized carbons (Fsp3) is 0.304. The Morgan fingerprint density at radius 1 is 0.912 bits per heavy atom. The fourth-order valence-electron chi connectivity index (χ4n) is 3.25. The molecule has 0 unspecified atom stereocenters. The quantitative estimate of drug-likeness (QED) is 0.324. The molecule has 0 spiro atoms. The van der Waals surface area contributed by atoms with Gasteiger partial charge in [0.1, 0.15) is 5.82 Å². The molecular weight excluding hydrogens is 456 g/mol. The van der Waals surface area contributed by atoms with Gasteiger partial charge < -0.3 is 20.1 Å². The fourth-order valence-corrected chi connectivity index (χ4v) is 4.09. The molecule has 0 amide bonds. The third-order valence-electron chi connectivity index (χ3n) is 4.91. The van der Waals surface area contributed by atoms with Crippen LogP contribution in [0.15, 0.2) is 42.6 Å². The van der Waals surface area contributed by atoms with Gasteiger partial charge in [-0.15, -0.1) is 0 Å². The van der Waals surface area contributed by atoms with Crippen LogP contribution in [0.25, 0.3) is 0 Å². The second-order valence-corrected chi connectivity index (χ2v) is 9.11. The number of ether oxygens (including phenoxy) is 2. The van der Waals surface area contributed by atoms with Gasteiger partial charge in [0, 0.05) is 42.3 Å². The Balaban J connectivity index is 1.72. The van der Waals surface area contributed by atoms with Crippen LogP contribution in [0.5, 0.6) is 11.5 Å². The molecule has 0 aliphatic heterocycles. The lowest BCUT2D eigenvalue weighted by molar-refractivity contribution is 0.353. The summed E-state index contributed by atoms with van der Waals surface area (Å²) >= 11 is 0. The minimum absolute atomic E-state index is 0.195. The molecule has 2 aromatic carbocycles. The highest BCUT2D eigenvalue weighted by Crippen LogP contribution is 2.34. The van der Waals surface area contributed by atoms with Gasteiger partial charge in [-0.3, -0.25) is 0 Å². The predicted octanol–water partition coefficient (Wildman–Crippen LogP) is 3.54. The summed E-state index contributed by atoms with van der Waals surface area (Å²) in [5, 5.41) is 6.49. The van der Waals surface area contributed by atoms with E-state index in [0.29, 0.717) is 29.8 Å². The van der Waals surface area contributed by atoms with Crippen LogP contribution >= 0.6 is 0 Å². The van der Waals surface area contributed by atoms with Crippen molar-refractivity contribution in [2.75, 3.05) is 31.4 Å². The zero-order valence-corrected chi connectivity index (χ0v) is 20.7. The third kappa shape index (κ3) is 6.56. The number of aromatic nitrogens is 2. The largest absolute Gasteiger partial charge is 0.493 e. The molecule has 0 fully saturated rings. The van der Waals surface area contributed by atoms with E-state index < -0.39 is 10.2 Å². The molecule has 4 N–H and O–H groups in total. The number of benzene rings is 2. The maximum atomic E-state index is 11.7. The molecule has 10 nitrogen and oxygen atoms in total. The van der Waals surface area contributed by atoms with Crippen LogP contribution in [0.4, 0.5) is 23.1 Å². The van der Waals surface area contributed by atoms with Gasteiger partial charge in [-0.2, -0.15) is 18.1 Å². The van der Waals surface area contributed by atoms with Crippen LogP contribution in [0, 0.1) is 13.8 Å². The summed E-state index contributed by atoms with van der Waals surface area (Å²) in [6.07, 6.45) is 1.73. The third-order valence-corrected chi connectivity index (χ3v) is 6.10. The predicted molar refractivity (Wildman–Crippen MR) is 133 cm³/mol. The van der Waals surface area contributed by atoms with Gasteiger partial charge in [-0.05, 0) is 43.2 Å². The van der Waals surface area contributed by atoms with Gasteiger partial charge in [-0.1, -0.05) is 19.1 Å². The van der Waals surface area contributed by atoms with Crippen LogP contribution in [0.1, 0.15) is 23.6 Å². The molecule has 11 heteroatoms. The van der Waals surface area contributed by atoms with E-state index in [9.17, 15) is 8.42 Å².